The van der Waals surface area contributed by atoms with Crippen molar-refractivity contribution in [2.45, 2.75) is 6.61 Å². The monoisotopic (exact) mass is 264 g/mol. The van der Waals surface area contributed by atoms with Crippen LogP contribution in [0.5, 0.6) is 5.75 Å². The first-order valence-electron chi connectivity index (χ1n) is 5.31. The summed E-state index contributed by atoms with van der Waals surface area (Å²) >= 11 is 5.90. The topological polar surface area (TPSA) is 76.9 Å². The van der Waals surface area contributed by atoms with Gasteiger partial charge in [-0.2, -0.15) is 5.10 Å². The number of amidine groups is 1. The van der Waals surface area contributed by atoms with Crippen molar-refractivity contribution in [3.8, 4) is 5.75 Å². The van der Waals surface area contributed by atoms with Crippen molar-refractivity contribution in [2.24, 2.45) is 12.8 Å². The van der Waals surface area contributed by atoms with Crippen molar-refractivity contribution in [1.29, 1.82) is 5.41 Å². The molecule has 0 bridgehead atoms. The molecule has 3 N–H and O–H groups in total. The lowest BCUT2D eigenvalue weighted by molar-refractivity contribution is 0.299. The fourth-order valence-corrected chi connectivity index (χ4v) is 1.69. The Morgan fingerprint density at radius 3 is 2.89 bits per heavy atom. The smallest absolute Gasteiger partial charge is 0.132 e. The van der Waals surface area contributed by atoms with E-state index in [4.69, 9.17) is 27.5 Å². The first-order chi connectivity index (χ1) is 8.56. The summed E-state index contributed by atoms with van der Waals surface area (Å²) in [6, 6.07) is 6.84. The molecule has 94 valence electrons. The zero-order chi connectivity index (χ0) is 13.1. The third kappa shape index (κ3) is 2.81. The van der Waals surface area contributed by atoms with Crippen molar-refractivity contribution < 1.29 is 4.74 Å². The molecule has 0 fully saturated rings. The standard InChI is InChI=1S/C12H13ClN4O/c1-17-5-4-9(16-17)7-18-11-6-8(13)2-3-10(11)12(14)15/h2-6H,7H2,1H3,(H3,14,15). The SMILES string of the molecule is Cn1ccc(COc2cc(Cl)ccc2C(=N)N)n1. The number of rotatable bonds is 4. The minimum Gasteiger partial charge on any atom is -0.486 e. The fraction of sp³-hybridized carbons (Fsp3) is 0.167. The number of nitrogens with one attached hydrogen (secondary N) is 1. The normalized spacial score (nSPS) is 10.3. The summed E-state index contributed by atoms with van der Waals surface area (Å²) in [5.74, 6) is 0.434. The highest BCUT2D eigenvalue weighted by Crippen LogP contribution is 2.23. The molecule has 1 aromatic carbocycles. The second-order valence-electron chi connectivity index (χ2n) is 3.82. The van der Waals surface area contributed by atoms with Crippen LogP contribution in [0.25, 0.3) is 0 Å². The number of nitrogens with zero attached hydrogens (tertiary/aromatic N) is 2. The third-order valence-corrected chi connectivity index (χ3v) is 2.61. The van der Waals surface area contributed by atoms with Gasteiger partial charge in [0.05, 0.1) is 11.3 Å². The zero-order valence-corrected chi connectivity index (χ0v) is 10.6. The molecule has 2 rings (SSSR count). The van der Waals surface area contributed by atoms with E-state index in [1.54, 1.807) is 22.9 Å². The molecule has 0 radical (unpaired) electrons. The highest BCUT2D eigenvalue weighted by molar-refractivity contribution is 6.30. The van der Waals surface area contributed by atoms with Crippen molar-refractivity contribution >= 4 is 17.4 Å². The van der Waals surface area contributed by atoms with Gasteiger partial charge in [-0.25, -0.2) is 0 Å². The predicted octanol–water partition coefficient (Wildman–Crippen LogP) is 1.94. The number of hydrogen-bond donors (Lipinski definition) is 2. The van der Waals surface area contributed by atoms with E-state index in [-0.39, 0.29) is 5.84 Å². The van der Waals surface area contributed by atoms with Gasteiger partial charge < -0.3 is 10.5 Å². The van der Waals surface area contributed by atoms with Gasteiger partial charge in [-0.15, -0.1) is 0 Å². The molecule has 1 aromatic heterocycles. The Morgan fingerprint density at radius 1 is 1.50 bits per heavy atom. The molecular weight excluding hydrogens is 252 g/mol. The van der Waals surface area contributed by atoms with E-state index in [2.05, 4.69) is 5.10 Å². The summed E-state index contributed by atoms with van der Waals surface area (Å²) < 4.78 is 7.29. The van der Waals surface area contributed by atoms with Crippen LogP contribution in [-0.2, 0) is 13.7 Å². The first-order valence-corrected chi connectivity index (χ1v) is 5.69. The summed E-state index contributed by atoms with van der Waals surface area (Å²) in [4.78, 5) is 0. The Labute approximate surface area is 110 Å². The van der Waals surface area contributed by atoms with E-state index in [1.165, 1.54) is 0 Å². The Balaban J connectivity index is 2.17. The molecule has 0 spiro atoms. The van der Waals surface area contributed by atoms with Crippen LogP contribution in [0.1, 0.15) is 11.3 Å². The predicted molar refractivity (Wildman–Crippen MR) is 70.0 cm³/mol. The highest BCUT2D eigenvalue weighted by Gasteiger charge is 2.08. The molecule has 5 nitrogen and oxygen atoms in total. The van der Waals surface area contributed by atoms with E-state index >= 15 is 0 Å². The maximum absolute atomic E-state index is 7.47. The molecule has 0 saturated carbocycles. The minimum absolute atomic E-state index is 0.0531. The third-order valence-electron chi connectivity index (χ3n) is 2.38. The minimum atomic E-state index is -0.0531. The summed E-state index contributed by atoms with van der Waals surface area (Å²) in [5, 5.41) is 12.2. The Bertz CT molecular complexity index is 579. The Hall–Kier alpha value is -2.01. The average molecular weight is 265 g/mol. The number of nitrogen functional groups attached to an aromatic ring is 1. The second kappa shape index (κ2) is 5.10. The molecule has 1 heterocycles. The molecule has 18 heavy (non-hydrogen) atoms. The van der Waals surface area contributed by atoms with E-state index in [0.29, 0.717) is 22.9 Å². The zero-order valence-electron chi connectivity index (χ0n) is 9.85. The summed E-state index contributed by atoms with van der Waals surface area (Å²) in [6.45, 7) is 0.307. The van der Waals surface area contributed by atoms with Gasteiger partial charge in [0.2, 0.25) is 0 Å². The van der Waals surface area contributed by atoms with Crippen LogP contribution in [0.15, 0.2) is 30.5 Å². The second-order valence-corrected chi connectivity index (χ2v) is 4.26. The molecule has 0 aliphatic heterocycles. The highest BCUT2D eigenvalue weighted by atomic mass is 35.5. The van der Waals surface area contributed by atoms with E-state index in [1.807, 2.05) is 19.3 Å². The van der Waals surface area contributed by atoms with E-state index in [0.717, 1.165) is 5.69 Å². The molecular formula is C12H13ClN4O. The summed E-state index contributed by atoms with van der Waals surface area (Å²) in [5.41, 5.74) is 6.80. The van der Waals surface area contributed by atoms with Gasteiger partial charge >= 0.3 is 0 Å². The molecule has 0 saturated heterocycles. The van der Waals surface area contributed by atoms with Gasteiger partial charge in [0, 0.05) is 18.3 Å². The van der Waals surface area contributed by atoms with Gasteiger partial charge in [0.15, 0.2) is 0 Å². The van der Waals surface area contributed by atoms with Crippen molar-refractivity contribution in [3.63, 3.8) is 0 Å². The largest absolute Gasteiger partial charge is 0.486 e. The molecule has 0 unspecified atom stereocenters. The van der Waals surface area contributed by atoms with Gasteiger partial charge in [0.25, 0.3) is 0 Å². The van der Waals surface area contributed by atoms with Gasteiger partial charge in [-0.1, -0.05) is 11.6 Å². The number of benzene rings is 1. The lowest BCUT2D eigenvalue weighted by Crippen LogP contribution is -2.13. The van der Waals surface area contributed by atoms with Crippen LogP contribution >= 0.6 is 11.6 Å². The fourth-order valence-electron chi connectivity index (χ4n) is 1.53. The van der Waals surface area contributed by atoms with Crippen LogP contribution in [-0.4, -0.2) is 15.6 Å². The lowest BCUT2D eigenvalue weighted by atomic mass is 10.2. The Morgan fingerprint density at radius 2 is 2.28 bits per heavy atom. The van der Waals surface area contributed by atoms with Crippen LogP contribution in [0.2, 0.25) is 5.02 Å². The summed E-state index contributed by atoms with van der Waals surface area (Å²) in [7, 11) is 1.84. The van der Waals surface area contributed by atoms with Gasteiger partial charge in [0.1, 0.15) is 18.2 Å². The maximum atomic E-state index is 7.47. The number of halogens is 1. The molecule has 0 amide bonds. The lowest BCUT2D eigenvalue weighted by Gasteiger charge is -2.09. The van der Waals surface area contributed by atoms with Crippen LogP contribution in [0.4, 0.5) is 0 Å². The molecule has 6 heteroatoms. The molecule has 0 aliphatic rings. The van der Waals surface area contributed by atoms with Crippen molar-refractivity contribution in [3.05, 3.63) is 46.7 Å². The molecule has 0 atom stereocenters. The quantitative estimate of drug-likeness (QED) is 0.654. The van der Waals surface area contributed by atoms with E-state index in [9.17, 15) is 0 Å². The average Bonchev–Trinajstić information content (AvgIpc) is 2.72. The van der Waals surface area contributed by atoms with Crippen molar-refractivity contribution in [2.75, 3.05) is 0 Å². The number of aryl methyl sites for hydroxylation is 1. The molecule has 0 aliphatic carbocycles. The van der Waals surface area contributed by atoms with Crippen LogP contribution < -0.4 is 10.5 Å². The number of hydrogen-bond acceptors (Lipinski definition) is 3. The van der Waals surface area contributed by atoms with Crippen LogP contribution in [0, 0.1) is 5.41 Å². The van der Waals surface area contributed by atoms with Crippen molar-refractivity contribution in [1.82, 2.24) is 9.78 Å². The number of ether oxygens (including phenoxy) is 1. The van der Waals surface area contributed by atoms with E-state index < -0.39 is 0 Å². The molecule has 2 aromatic rings. The van der Waals surface area contributed by atoms with Crippen LogP contribution in [0.3, 0.4) is 0 Å². The first kappa shape index (κ1) is 12.4. The van der Waals surface area contributed by atoms with Gasteiger partial charge in [-0.3, -0.25) is 10.1 Å². The Kier molecular flexibility index (Phi) is 3.53. The summed E-state index contributed by atoms with van der Waals surface area (Å²) in [6.07, 6.45) is 1.84. The number of nitrogens with two attached hydrogens (primary N) is 1. The number of aromatic nitrogens is 2. The van der Waals surface area contributed by atoms with Gasteiger partial charge in [-0.05, 0) is 24.3 Å². The maximum Gasteiger partial charge on any atom is 0.132 e.